The topological polar surface area (TPSA) is 28.2 Å². The number of rotatable bonds is 3. The maximum Gasteiger partial charge on any atom is 0.188 e. The van der Waals surface area contributed by atoms with Crippen LogP contribution in [-0.2, 0) is 0 Å². The molecule has 3 rings (SSSR count). The first-order chi connectivity index (χ1) is 9.65. The summed E-state index contributed by atoms with van der Waals surface area (Å²) >= 11 is 1.69. The summed E-state index contributed by atoms with van der Waals surface area (Å²) in [5, 5.41) is 4.37. The highest BCUT2D eigenvalue weighted by molar-refractivity contribution is 7.22. The van der Waals surface area contributed by atoms with Gasteiger partial charge in [0.1, 0.15) is 0 Å². The molecular formula is C16H17N3S. The molecule has 1 N–H and O–H groups in total. The minimum absolute atomic E-state index is 0.934. The smallest absolute Gasteiger partial charge is 0.188 e. The summed E-state index contributed by atoms with van der Waals surface area (Å²) in [5.74, 6) is 0. The van der Waals surface area contributed by atoms with E-state index in [0.717, 1.165) is 22.0 Å². The van der Waals surface area contributed by atoms with Crippen molar-refractivity contribution < 1.29 is 0 Å². The Balaban J connectivity index is 1.99. The SMILES string of the molecule is Cc1cccc2sc(Nc3ccccc3N(C)C)nc12. The molecule has 0 aliphatic carbocycles. The van der Waals surface area contributed by atoms with E-state index in [9.17, 15) is 0 Å². The number of nitrogens with zero attached hydrogens (tertiary/aromatic N) is 2. The number of hydrogen-bond acceptors (Lipinski definition) is 4. The number of benzene rings is 2. The molecule has 0 spiro atoms. The number of aromatic nitrogens is 1. The molecule has 0 aliphatic heterocycles. The maximum absolute atomic E-state index is 4.70. The second-order valence-corrected chi connectivity index (χ2v) is 6.01. The van der Waals surface area contributed by atoms with Gasteiger partial charge in [-0.1, -0.05) is 35.6 Å². The zero-order chi connectivity index (χ0) is 14.1. The molecule has 0 saturated carbocycles. The number of aryl methyl sites for hydroxylation is 1. The molecule has 0 fully saturated rings. The number of hydrogen-bond donors (Lipinski definition) is 1. The summed E-state index contributed by atoms with van der Waals surface area (Å²) in [6.45, 7) is 2.10. The highest BCUT2D eigenvalue weighted by atomic mass is 32.1. The van der Waals surface area contributed by atoms with Crippen LogP contribution in [0.4, 0.5) is 16.5 Å². The van der Waals surface area contributed by atoms with Gasteiger partial charge in [0.2, 0.25) is 0 Å². The van der Waals surface area contributed by atoms with Crippen LogP contribution in [-0.4, -0.2) is 19.1 Å². The van der Waals surface area contributed by atoms with Crippen molar-refractivity contribution in [1.82, 2.24) is 4.98 Å². The van der Waals surface area contributed by atoms with Crippen molar-refractivity contribution in [3.8, 4) is 0 Å². The Morgan fingerprint density at radius 3 is 2.60 bits per heavy atom. The zero-order valence-electron chi connectivity index (χ0n) is 11.8. The van der Waals surface area contributed by atoms with E-state index in [2.05, 4.69) is 47.5 Å². The summed E-state index contributed by atoms with van der Waals surface area (Å²) in [6, 6.07) is 14.5. The lowest BCUT2D eigenvalue weighted by Crippen LogP contribution is -2.10. The van der Waals surface area contributed by atoms with E-state index in [0.29, 0.717) is 0 Å². The second-order valence-electron chi connectivity index (χ2n) is 4.98. The summed E-state index contributed by atoms with van der Waals surface area (Å²) < 4.78 is 1.22. The molecule has 20 heavy (non-hydrogen) atoms. The lowest BCUT2D eigenvalue weighted by Gasteiger charge is -2.17. The first-order valence-electron chi connectivity index (χ1n) is 6.54. The van der Waals surface area contributed by atoms with Crippen molar-refractivity contribution in [2.24, 2.45) is 0 Å². The van der Waals surface area contributed by atoms with E-state index in [1.807, 2.05) is 26.2 Å². The first kappa shape index (κ1) is 12.9. The van der Waals surface area contributed by atoms with Gasteiger partial charge in [0.15, 0.2) is 5.13 Å². The molecule has 4 heteroatoms. The van der Waals surface area contributed by atoms with Crippen LogP contribution in [0.5, 0.6) is 0 Å². The largest absolute Gasteiger partial charge is 0.376 e. The van der Waals surface area contributed by atoms with E-state index in [-0.39, 0.29) is 0 Å². The fourth-order valence-corrected chi connectivity index (χ4v) is 3.18. The Labute approximate surface area is 122 Å². The van der Waals surface area contributed by atoms with Crippen molar-refractivity contribution in [2.45, 2.75) is 6.92 Å². The molecule has 0 bridgehead atoms. The standard InChI is InChI=1S/C16H17N3S/c1-11-7-6-10-14-15(11)18-16(20-14)17-12-8-4-5-9-13(12)19(2)3/h4-10H,1-3H3,(H,17,18). The zero-order valence-corrected chi connectivity index (χ0v) is 12.7. The Hall–Kier alpha value is -2.07. The monoisotopic (exact) mass is 283 g/mol. The van der Waals surface area contributed by atoms with Crippen molar-refractivity contribution >= 4 is 38.1 Å². The molecule has 0 amide bonds. The molecule has 0 radical (unpaired) electrons. The average molecular weight is 283 g/mol. The van der Waals surface area contributed by atoms with E-state index < -0.39 is 0 Å². The summed E-state index contributed by atoms with van der Waals surface area (Å²) in [4.78, 5) is 6.79. The lowest BCUT2D eigenvalue weighted by atomic mass is 10.2. The molecule has 0 unspecified atom stereocenters. The van der Waals surface area contributed by atoms with Gasteiger partial charge in [-0.15, -0.1) is 0 Å². The van der Waals surface area contributed by atoms with Crippen LogP contribution in [0.2, 0.25) is 0 Å². The minimum Gasteiger partial charge on any atom is -0.376 e. The number of fused-ring (bicyclic) bond motifs is 1. The fraction of sp³-hybridized carbons (Fsp3) is 0.188. The fourth-order valence-electron chi connectivity index (χ4n) is 2.22. The number of anilines is 3. The van der Waals surface area contributed by atoms with Crippen molar-refractivity contribution in [3.05, 3.63) is 48.0 Å². The Morgan fingerprint density at radius 1 is 1.05 bits per heavy atom. The van der Waals surface area contributed by atoms with Gasteiger partial charge in [0.05, 0.1) is 21.6 Å². The van der Waals surface area contributed by atoms with Crippen LogP contribution in [0.25, 0.3) is 10.2 Å². The van der Waals surface area contributed by atoms with Crippen molar-refractivity contribution in [2.75, 3.05) is 24.3 Å². The number of nitrogens with one attached hydrogen (secondary N) is 1. The van der Waals surface area contributed by atoms with E-state index >= 15 is 0 Å². The lowest BCUT2D eigenvalue weighted by molar-refractivity contribution is 1.13. The first-order valence-corrected chi connectivity index (χ1v) is 7.36. The van der Waals surface area contributed by atoms with Crippen LogP contribution in [0.3, 0.4) is 0 Å². The molecule has 102 valence electrons. The molecular weight excluding hydrogens is 266 g/mol. The number of thiazole rings is 1. The summed E-state index contributed by atoms with van der Waals surface area (Å²) in [6.07, 6.45) is 0. The van der Waals surface area contributed by atoms with Gasteiger partial charge < -0.3 is 10.2 Å². The van der Waals surface area contributed by atoms with Gasteiger partial charge in [-0.05, 0) is 30.7 Å². The molecule has 3 aromatic rings. The minimum atomic E-state index is 0.934. The second kappa shape index (κ2) is 5.13. The highest BCUT2D eigenvalue weighted by Gasteiger charge is 2.08. The van der Waals surface area contributed by atoms with Gasteiger partial charge in [-0.2, -0.15) is 0 Å². The molecule has 2 aromatic carbocycles. The van der Waals surface area contributed by atoms with Gasteiger partial charge in [-0.3, -0.25) is 0 Å². The third kappa shape index (κ3) is 2.34. The van der Waals surface area contributed by atoms with E-state index in [4.69, 9.17) is 4.98 Å². The molecule has 1 aromatic heterocycles. The van der Waals surface area contributed by atoms with Crippen LogP contribution in [0.1, 0.15) is 5.56 Å². The number of para-hydroxylation sites is 3. The third-order valence-corrected chi connectivity index (χ3v) is 4.18. The highest BCUT2D eigenvalue weighted by Crippen LogP contribution is 2.32. The van der Waals surface area contributed by atoms with Gasteiger partial charge >= 0.3 is 0 Å². The van der Waals surface area contributed by atoms with Crippen LogP contribution < -0.4 is 10.2 Å². The van der Waals surface area contributed by atoms with Crippen molar-refractivity contribution in [3.63, 3.8) is 0 Å². The van der Waals surface area contributed by atoms with Crippen molar-refractivity contribution in [1.29, 1.82) is 0 Å². The Morgan fingerprint density at radius 2 is 1.85 bits per heavy atom. The third-order valence-electron chi connectivity index (χ3n) is 3.25. The van der Waals surface area contributed by atoms with Gasteiger partial charge in [0.25, 0.3) is 0 Å². The van der Waals surface area contributed by atoms with Gasteiger partial charge in [0, 0.05) is 14.1 Å². The van der Waals surface area contributed by atoms with Gasteiger partial charge in [-0.25, -0.2) is 4.98 Å². The summed E-state index contributed by atoms with van der Waals surface area (Å²) in [7, 11) is 4.09. The predicted molar refractivity (Wildman–Crippen MR) is 88.4 cm³/mol. The van der Waals surface area contributed by atoms with E-state index in [1.54, 1.807) is 11.3 Å². The van der Waals surface area contributed by atoms with Crippen LogP contribution >= 0.6 is 11.3 Å². The van der Waals surface area contributed by atoms with E-state index in [1.165, 1.54) is 10.3 Å². The Kier molecular flexibility index (Phi) is 3.32. The molecule has 1 heterocycles. The quantitative estimate of drug-likeness (QED) is 0.771. The van der Waals surface area contributed by atoms with Crippen LogP contribution in [0, 0.1) is 6.92 Å². The normalized spacial score (nSPS) is 10.8. The molecule has 0 atom stereocenters. The molecule has 0 saturated heterocycles. The molecule has 3 nitrogen and oxygen atoms in total. The summed E-state index contributed by atoms with van der Waals surface area (Å²) in [5.41, 5.74) is 4.53. The van der Waals surface area contributed by atoms with Crippen LogP contribution in [0.15, 0.2) is 42.5 Å². The maximum atomic E-state index is 4.70. The Bertz CT molecular complexity index is 746. The predicted octanol–water partition coefficient (Wildman–Crippen LogP) is 4.41. The average Bonchev–Trinajstić information content (AvgIpc) is 2.83. The molecule has 0 aliphatic rings.